The predicted octanol–water partition coefficient (Wildman–Crippen LogP) is 7.21. The van der Waals surface area contributed by atoms with Crippen molar-refractivity contribution in [3.8, 4) is 11.1 Å². The van der Waals surface area contributed by atoms with E-state index in [0.717, 1.165) is 44.5 Å². The standard InChI is InChI=1S/C30H33N3O3/c1-17-12-13-22(14-18(17)2)26-20(4)32-28(19(3)25(26)27(29(34)35)36-30(5,6)7)33-23-15-21-10-8-9-11-24(21)31-16-23/h8-16,27H,1-7H3,(H,32,33)(H,34,35). The normalized spacial score (nSPS) is 12.5. The topological polar surface area (TPSA) is 84.3 Å². The average molecular weight is 484 g/mol. The van der Waals surface area contributed by atoms with Crippen LogP contribution >= 0.6 is 0 Å². The molecular weight excluding hydrogens is 450 g/mol. The van der Waals surface area contributed by atoms with Crippen molar-refractivity contribution >= 4 is 28.4 Å². The molecule has 36 heavy (non-hydrogen) atoms. The van der Waals surface area contributed by atoms with Crippen LogP contribution in [0.15, 0.2) is 54.7 Å². The quantitative estimate of drug-likeness (QED) is 0.301. The van der Waals surface area contributed by atoms with Crippen LogP contribution in [0.5, 0.6) is 0 Å². The summed E-state index contributed by atoms with van der Waals surface area (Å²) >= 11 is 0. The number of benzene rings is 2. The number of pyridine rings is 2. The number of hydrogen-bond donors (Lipinski definition) is 2. The minimum atomic E-state index is -1.17. The van der Waals surface area contributed by atoms with E-state index in [2.05, 4.69) is 36.3 Å². The number of fused-ring (bicyclic) bond motifs is 1. The molecule has 2 aromatic carbocycles. The van der Waals surface area contributed by atoms with Gasteiger partial charge in [-0.2, -0.15) is 0 Å². The summed E-state index contributed by atoms with van der Waals surface area (Å²) in [5.41, 5.74) is 7.06. The highest BCUT2D eigenvalue weighted by Gasteiger charge is 2.33. The average Bonchev–Trinajstić information content (AvgIpc) is 2.81. The van der Waals surface area contributed by atoms with Crippen LogP contribution in [0.2, 0.25) is 0 Å². The molecule has 6 nitrogen and oxygen atoms in total. The number of aromatic nitrogens is 2. The van der Waals surface area contributed by atoms with E-state index in [1.165, 1.54) is 5.56 Å². The molecule has 2 heterocycles. The summed E-state index contributed by atoms with van der Waals surface area (Å²) in [5, 5.41) is 14.7. The molecule has 2 aromatic heterocycles. The van der Waals surface area contributed by atoms with Gasteiger partial charge < -0.3 is 15.2 Å². The van der Waals surface area contributed by atoms with Crippen molar-refractivity contribution < 1.29 is 14.6 Å². The molecule has 0 fully saturated rings. The number of ether oxygens (including phenoxy) is 1. The molecule has 0 bridgehead atoms. The van der Waals surface area contributed by atoms with Crippen molar-refractivity contribution in [2.45, 2.75) is 60.2 Å². The van der Waals surface area contributed by atoms with Crippen LogP contribution in [-0.2, 0) is 9.53 Å². The molecule has 4 rings (SSSR count). The van der Waals surface area contributed by atoms with Crippen LogP contribution in [0.4, 0.5) is 11.5 Å². The second-order valence-corrected chi connectivity index (χ2v) is 10.2. The maximum atomic E-state index is 12.6. The van der Waals surface area contributed by atoms with Crippen molar-refractivity contribution in [3.05, 3.63) is 82.7 Å². The third-order valence-electron chi connectivity index (χ3n) is 6.28. The Morgan fingerprint density at radius 1 is 1.00 bits per heavy atom. The third kappa shape index (κ3) is 5.24. The lowest BCUT2D eigenvalue weighted by molar-refractivity contribution is -0.160. The lowest BCUT2D eigenvalue weighted by Crippen LogP contribution is -2.28. The van der Waals surface area contributed by atoms with Crippen LogP contribution in [0, 0.1) is 27.7 Å². The van der Waals surface area contributed by atoms with Crippen molar-refractivity contribution in [2.75, 3.05) is 5.32 Å². The van der Waals surface area contributed by atoms with Gasteiger partial charge in [0.1, 0.15) is 5.82 Å². The number of carbonyl (C=O) groups is 1. The summed E-state index contributed by atoms with van der Waals surface area (Å²) in [6, 6.07) is 16.1. The Bertz CT molecular complexity index is 1450. The van der Waals surface area contributed by atoms with Gasteiger partial charge in [0.15, 0.2) is 6.10 Å². The predicted molar refractivity (Wildman–Crippen MR) is 145 cm³/mol. The molecule has 186 valence electrons. The molecule has 1 atom stereocenters. The number of rotatable bonds is 6. The van der Waals surface area contributed by atoms with Crippen LogP contribution < -0.4 is 5.32 Å². The highest BCUT2D eigenvalue weighted by molar-refractivity contribution is 5.85. The fourth-order valence-electron chi connectivity index (χ4n) is 4.39. The molecule has 0 saturated heterocycles. The summed E-state index contributed by atoms with van der Waals surface area (Å²) in [4.78, 5) is 22.0. The Labute approximate surface area is 212 Å². The number of carboxylic acids is 1. The van der Waals surface area contributed by atoms with Gasteiger partial charge in [-0.3, -0.25) is 4.98 Å². The summed E-state index contributed by atoms with van der Waals surface area (Å²) in [6.45, 7) is 13.5. The van der Waals surface area contributed by atoms with E-state index >= 15 is 0 Å². The number of anilines is 2. The van der Waals surface area contributed by atoms with E-state index in [1.807, 2.05) is 71.0 Å². The first-order valence-corrected chi connectivity index (χ1v) is 12.1. The molecular formula is C30H33N3O3. The SMILES string of the molecule is Cc1ccc(-c2c(C)nc(Nc3cnc4ccccc4c3)c(C)c2C(OC(C)(C)C)C(=O)O)cc1C. The van der Waals surface area contributed by atoms with E-state index < -0.39 is 17.7 Å². The summed E-state index contributed by atoms with van der Waals surface area (Å²) in [6.07, 6.45) is 0.592. The number of nitrogens with zero attached hydrogens (tertiary/aromatic N) is 2. The largest absolute Gasteiger partial charge is 0.479 e. The first kappa shape index (κ1) is 25.3. The van der Waals surface area contributed by atoms with E-state index in [0.29, 0.717) is 11.4 Å². The first-order valence-electron chi connectivity index (χ1n) is 12.1. The van der Waals surface area contributed by atoms with Gasteiger partial charge in [-0.05, 0) is 82.9 Å². The van der Waals surface area contributed by atoms with Crippen molar-refractivity contribution in [2.24, 2.45) is 0 Å². The summed E-state index contributed by atoms with van der Waals surface area (Å²) in [5.74, 6) is -0.460. The monoisotopic (exact) mass is 483 g/mol. The van der Waals surface area contributed by atoms with Gasteiger partial charge in [0.05, 0.1) is 23.0 Å². The van der Waals surface area contributed by atoms with Gasteiger partial charge in [-0.1, -0.05) is 36.4 Å². The molecule has 0 aliphatic heterocycles. The van der Waals surface area contributed by atoms with Crippen molar-refractivity contribution in [3.63, 3.8) is 0 Å². The number of nitrogens with one attached hydrogen (secondary N) is 1. The number of aryl methyl sites for hydroxylation is 3. The minimum Gasteiger partial charge on any atom is -0.479 e. The van der Waals surface area contributed by atoms with Gasteiger partial charge in [-0.15, -0.1) is 0 Å². The zero-order valence-corrected chi connectivity index (χ0v) is 21.9. The molecule has 0 aliphatic rings. The Morgan fingerprint density at radius 3 is 2.39 bits per heavy atom. The Hall–Kier alpha value is -3.77. The smallest absolute Gasteiger partial charge is 0.337 e. The lowest BCUT2D eigenvalue weighted by atomic mass is 9.89. The molecule has 0 radical (unpaired) electrons. The van der Waals surface area contributed by atoms with Crippen LogP contribution in [-0.4, -0.2) is 26.6 Å². The van der Waals surface area contributed by atoms with Crippen molar-refractivity contribution in [1.29, 1.82) is 0 Å². The Kier molecular flexibility index (Phi) is 6.83. The molecule has 6 heteroatoms. The zero-order valence-electron chi connectivity index (χ0n) is 21.9. The number of aliphatic carboxylic acids is 1. The number of hydrogen-bond acceptors (Lipinski definition) is 5. The fourth-order valence-corrected chi connectivity index (χ4v) is 4.39. The minimum absolute atomic E-state index is 0.580. The molecule has 0 amide bonds. The number of carboxylic acid groups (broad SMARTS) is 1. The Balaban J connectivity index is 1.92. The maximum Gasteiger partial charge on any atom is 0.337 e. The van der Waals surface area contributed by atoms with Gasteiger partial charge in [-0.25, -0.2) is 9.78 Å². The van der Waals surface area contributed by atoms with E-state index in [4.69, 9.17) is 9.72 Å². The van der Waals surface area contributed by atoms with Gasteiger partial charge in [0.2, 0.25) is 0 Å². The maximum absolute atomic E-state index is 12.6. The van der Waals surface area contributed by atoms with Crippen LogP contribution in [0.1, 0.15) is 54.8 Å². The second kappa shape index (κ2) is 9.70. The second-order valence-electron chi connectivity index (χ2n) is 10.2. The fraction of sp³-hybridized carbons (Fsp3) is 0.300. The Morgan fingerprint density at radius 2 is 1.72 bits per heavy atom. The first-order chi connectivity index (χ1) is 16.9. The lowest BCUT2D eigenvalue weighted by Gasteiger charge is -2.29. The molecule has 0 saturated carbocycles. The molecule has 2 N–H and O–H groups in total. The molecule has 1 unspecified atom stereocenters. The molecule has 0 aliphatic carbocycles. The summed E-state index contributed by atoms with van der Waals surface area (Å²) < 4.78 is 6.13. The summed E-state index contributed by atoms with van der Waals surface area (Å²) in [7, 11) is 0. The van der Waals surface area contributed by atoms with E-state index in [-0.39, 0.29) is 0 Å². The van der Waals surface area contributed by atoms with Gasteiger partial charge in [0, 0.05) is 22.2 Å². The van der Waals surface area contributed by atoms with Crippen LogP contribution in [0.25, 0.3) is 22.0 Å². The van der Waals surface area contributed by atoms with E-state index in [9.17, 15) is 9.90 Å². The molecule has 4 aromatic rings. The molecule has 0 spiro atoms. The van der Waals surface area contributed by atoms with Crippen LogP contribution in [0.3, 0.4) is 0 Å². The highest BCUT2D eigenvalue weighted by atomic mass is 16.5. The highest BCUT2D eigenvalue weighted by Crippen LogP contribution is 2.40. The van der Waals surface area contributed by atoms with Crippen molar-refractivity contribution in [1.82, 2.24) is 9.97 Å². The van der Waals surface area contributed by atoms with Gasteiger partial charge >= 0.3 is 5.97 Å². The number of para-hydroxylation sites is 1. The third-order valence-corrected chi connectivity index (χ3v) is 6.28. The van der Waals surface area contributed by atoms with Gasteiger partial charge in [0.25, 0.3) is 0 Å². The zero-order chi connectivity index (χ0) is 26.2. The van der Waals surface area contributed by atoms with E-state index in [1.54, 1.807) is 6.20 Å².